The van der Waals surface area contributed by atoms with E-state index in [1.165, 1.54) is 13.8 Å². The first-order valence-corrected chi connectivity index (χ1v) is 8.02. The van der Waals surface area contributed by atoms with E-state index < -0.39 is 35.7 Å². The summed E-state index contributed by atoms with van der Waals surface area (Å²) in [5.74, 6) is -1.12. The van der Waals surface area contributed by atoms with Crippen molar-refractivity contribution in [2.45, 2.75) is 52.4 Å². The number of imide groups is 1. The number of carbonyl (C=O) groups excluding carboxylic acids is 3. The van der Waals surface area contributed by atoms with E-state index in [1.54, 1.807) is 45.0 Å². The maximum Gasteiger partial charge on any atom is 0.347 e. The summed E-state index contributed by atoms with van der Waals surface area (Å²) >= 11 is 0. The van der Waals surface area contributed by atoms with E-state index >= 15 is 0 Å². The Morgan fingerprint density at radius 2 is 1.65 bits per heavy atom. The summed E-state index contributed by atoms with van der Waals surface area (Å²) in [4.78, 5) is 35.6. The van der Waals surface area contributed by atoms with Gasteiger partial charge in [0.25, 0.3) is 5.91 Å². The van der Waals surface area contributed by atoms with Gasteiger partial charge in [0.15, 0.2) is 12.2 Å². The molecule has 0 aliphatic carbocycles. The molecule has 0 aromatic heterocycles. The predicted octanol–water partition coefficient (Wildman–Crippen LogP) is 1.88. The van der Waals surface area contributed by atoms with Crippen LogP contribution in [0.15, 0.2) is 24.3 Å². The molecule has 8 heteroatoms. The van der Waals surface area contributed by atoms with Crippen molar-refractivity contribution in [1.82, 2.24) is 10.6 Å². The van der Waals surface area contributed by atoms with Crippen LogP contribution in [0.25, 0.3) is 0 Å². The molecule has 0 saturated heterocycles. The number of nitriles is 1. The molecule has 3 amide bonds. The van der Waals surface area contributed by atoms with Gasteiger partial charge in [0, 0.05) is 5.54 Å². The minimum Gasteiger partial charge on any atom is -0.479 e. The summed E-state index contributed by atoms with van der Waals surface area (Å²) < 4.78 is 10.4. The fourth-order valence-electron chi connectivity index (χ4n) is 1.77. The lowest BCUT2D eigenvalue weighted by Gasteiger charge is -2.21. The summed E-state index contributed by atoms with van der Waals surface area (Å²) in [6.45, 7) is 8.12. The molecule has 0 fully saturated rings. The number of hydrogen-bond donors (Lipinski definition) is 2. The average molecular weight is 361 g/mol. The molecule has 0 unspecified atom stereocenters. The van der Waals surface area contributed by atoms with Crippen LogP contribution >= 0.6 is 0 Å². The topological polar surface area (TPSA) is 118 Å². The lowest BCUT2D eigenvalue weighted by Crippen LogP contribution is -2.51. The van der Waals surface area contributed by atoms with Gasteiger partial charge in [0.1, 0.15) is 5.75 Å². The Kier molecular flexibility index (Phi) is 7.14. The molecule has 1 aromatic rings. The van der Waals surface area contributed by atoms with Gasteiger partial charge >= 0.3 is 12.0 Å². The van der Waals surface area contributed by atoms with Crippen LogP contribution in [0, 0.1) is 11.3 Å². The van der Waals surface area contributed by atoms with Crippen molar-refractivity contribution in [1.29, 1.82) is 5.26 Å². The fraction of sp³-hybridized carbons (Fsp3) is 0.444. The van der Waals surface area contributed by atoms with E-state index in [0.29, 0.717) is 11.3 Å². The Hall–Kier alpha value is -3.08. The van der Waals surface area contributed by atoms with E-state index in [1.807, 2.05) is 6.07 Å². The highest BCUT2D eigenvalue weighted by atomic mass is 16.6. The normalized spacial score (nSPS) is 12.9. The smallest absolute Gasteiger partial charge is 0.347 e. The zero-order valence-corrected chi connectivity index (χ0v) is 15.5. The van der Waals surface area contributed by atoms with E-state index in [4.69, 9.17) is 14.7 Å². The lowest BCUT2D eigenvalue weighted by molar-refractivity contribution is -0.160. The van der Waals surface area contributed by atoms with Crippen LogP contribution in [-0.4, -0.2) is 35.7 Å². The number of rotatable bonds is 5. The van der Waals surface area contributed by atoms with E-state index in [0.717, 1.165) is 0 Å². The average Bonchev–Trinajstić information content (AvgIpc) is 2.53. The SMILES string of the molecule is C[C@H](Oc1ccc(C#N)cc1)C(=O)O[C@H](C)C(=O)NC(=O)NC(C)(C)C. The molecule has 0 spiro atoms. The molecule has 8 nitrogen and oxygen atoms in total. The van der Waals surface area contributed by atoms with Crippen LogP contribution in [-0.2, 0) is 14.3 Å². The van der Waals surface area contributed by atoms with Crippen LogP contribution in [0.3, 0.4) is 0 Å². The number of nitrogens with one attached hydrogen (secondary N) is 2. The first-order valence-electron chi connectivity index (χ1n) is 8.02. The molecule has 0 bridgehead atoms. The van der Waals surface area contributed by atoms with Gasteiger partial charge in [-0.25, -0.2) is 9.59 Å². The Morgan fingerprint density at radius 3 is 2.15 bits per heavy atom. The number of urea groups is 1. The molecular weight excluding hydrogens is 338 g/mol. The molecule has 1 rings (SSSR count). The Balaban J connectivity index is 2.52. The molecule has 2 atom stereocenters. The van der Waals surface area contributed by atoms with Gasteiger partial charge in [0.2, 0.25) is 0 Å². The monoisotopic (exact) mass is 361 g/mol. The molecule has 2 N–H and O–H groups in total. The minimum atomic E-state index is -1.17. The minimum absolute atomic E-state index is 0.384. The lowest BCUT2D eigenvalue weighted by atomic mass is 10.1. The molecule has 0 saturated carbocycles. The largest absolute Gasteiger partial charge is 0.479 e. The maximum absolute atomic E-state index is 12.0. The van der Waals surface area contributed by atoms with Gasteiger partial charge in [0.05, 0.1) is 11.6 Å². The van der Waals surface area contributed by atoms with Crippen LogP contribution in [0.4, 0.5) is 4.79 Å². The Morgan fingerprint density at radius 1 is 1.08 bits per heavy atom. The van der Waals surface area contributed by atoms with Crippen LogP contribution in [0.2, 0.25) is 0 Å². The van der Waals surface area contributed by atoms with Crippen molar-refractivity contribution in [2.24, 2.45) is 0 Å². The molecule has 1 aromatic carbocycles. The number of hydrogen-bond acceptors (Lipinski definition) is 6. The molecule has 0 aliphatic rings. The quantitative estimate of drug-likeness (QED) is 0.773. The first-order chi connectivity index (χ1) is 12.0. The number of carbonyl (C=O) groups is 3. The zero-order chi connectivity index (χ0) is 19.9. The standard InChI is InChI=1S/C18H23N3O5/c1-11(15(22)20-17(24)21-18(3,4)5)26-16(23)12(2)25-14-8-6-13(10-19)7-9-14/h6-9,11-12H,1-5H3,(H2,20,21,22,24)/t11-,12+/m1/s1. The zero-order valence-electron chi connectivity index (χ0n) is 15.5. The van der Waals surface area contributed by atoms with E-state index in [-0.39, 0.29) is 0 Å². The Bertz CT molecular complexity index is 701. The number of esters is 1. The number of nitrogens with zero attached hydrogens (tertiary/aromatic N) is 1. The number of ether oxygens (including phenoxy) is 2. The summed E-state index contributed by atoms with van der Waals surface area (Å²) in [6, 6.07) is 7.51. The third-order valence-electron chi connectivity index (χ3n) is 3.02. The van der Waals surface area contributed by atoms with Gasteiger partial charge in [-0.2, -0.15) is 5.26 Å². The highest BCUT2D eigenvalue weighted by Crippen LogP contribution is 2.14. The second-order valence-corrected chi connectivity index (χ2v) is 6.67. The summed E-state index contributed by atoms with van der Waals surface area (Å²) in [5.41, 5.74) is -0.0420. The maximum atomic E-state index is 12.0. The van der Waals surface area contributed by atoms with Crippen molar-refractivity contribution < 1.29 is 23.9 Å². The van der Waals surface area contributed by atoms with Crippen LogP contribution < -0.4 is 15.4 Å². The molecule has 140 valence electrons. The summed E-state index contributed by atoms with van der Waals surface area (Å²) in [7, 11) is 0. The van der Waals surface area contributed by atoms with Crippen molar-refractivity contribution in [3.05, 3.63) is 29.8 Å². The van der Waals surface area contributed by atoms with Gasteiger partial charge in [-0.1, -0.05) is 0 Å². The Labute approximate surface area is 152 Å². The van der Waals surface area contributed by atoms with Crippen molar-refractivity contribution in [3.63, 3.8) is 0 Å². The van der Waals surface area contributed by atoms with Crippen LogP contribution in [0.1, 0.15) is 40.2 Å². The van der Waals surface area contributed by atoms with Crippen molar-refractivity contribution in [3.8, 4) is 11.8 Å². The predicted molar refractivity (Wildman–Crippen MR) is 93.2 cm³/mol. The molecule has 0 heterocycles. The third-order valence-corrected chi connectivity index (χ3v) is 3.02. The molecule has 0 radical (unpaired) electrons. The molecular formula is C18H23N3O5. The second kappa shape index (κ2) is 8.85. The number of amides is 3. The molecule has 26 heavy (non-hydrogen) atoms. The highest BCUT2D eigenvalue weighted by Gasteiger charge is 2.25. The van der Waals surface area contributed by atoms with Gasteiger partial charge in [-0.15, -0.1) is 0 Å². The number of benzene rings is 1. The summed E-state index contributed by atoms with van der Waals surface area (Å²) in [6.07, 6.45) is -2.14. The van der Waals surface area contributed by atoms with Crippen molar-refractivity contribution in [2.75, 3.05) is 0 Å². The highest BCUT2D eigenvalue weighted by molar-refractivity contribution is 5.97. The van der Waals surface area contributed by atoms with Crippen LogP contribution in [0.5, 0.6) is 5.75 Å². The van der Waals surface area contributed by atoms with Gasteiger partial charge in [-0.05, 0) is 58.9 Å². The first kappa shape index (κ1) is 21.0. The van der Waals surface area contributed by atoms with E-state index in [9.17, 15) is 14.4 Å². The van der Waals surface area contributed by atoms with Gasteiger partial charge in [-0.3, -0.25) is 10.1 Å². The second-order valence-electron chi connectivity index (χ2n) is 6.67. The van der Waals surface area contributed by atoms with E-state index in [2.05, 4.69) is 10.6 Å². The summed E-state index contributed by atoms with van der Waals surface area (Å²) in [5, 5.41) is 13.4. The molecule has 0 aliphatic heterocycles. The van der Waals surface area contributed by atoms with Gasteiger partial charge < -0.3 is 14.8 Å². The fourth-order valence-corrected chi connectivity index (χ4v) is 1.77. The van der Waals surface area contributed by atoms with Crippen molar-refractivity contribution >= 4 is 17.9 Å². The third kappa shape index (κ3) is 7.21.